The first kappa shape index (κ1) is 32.8. The first-order valence-electron chi connectivity index (χ1n) is 16.2. The second-order valence-corrected chi connectivity index (χ2v) is 15.4. The molecule has 2 fully saturated rings. The molecule has 4 heterocycles. The fraction of sp³-hybridized carbons (Fsp3) is 0.471. The van der Waals surface area contributed by atoms with E-state index in [0.717, 1.165) is 70.2 Å². The molecule has 0 aliphatic carbocycles. The normalized spacial score (nSPS) is 16.3. The van der Waals surface area contributed by atoms with Gasteiger partial charge in [0.1, 0.15) is 11.6 Å². The summed E-state index contributed by atoms with van der Waals surface area (Å²) < 4.78 is 6.65. The Balaban J connectivity index is 1.15. The van der Waals surface area contributed by atoms with Gasteiger partial charge < -0.3 is 20.3 Å². The highest BCUT2D eigenvalue weighted by molar-refractivity contribution is 9.10. The average Bonchev–Trinajstić information content (AvgIpc) is 3.04. The molecular formula is C34H45BrN9OP. The summed E-state index contributed by atoms with van der Waals surface area (Å²) in [7, 11) is 1.26. The summed E-state index contributed by atoms with van der Waals surface area (Å²) in [5.41, 5.74) is 6.03. The number of methoxy groups -OCH3 is 1. The molecule has 2 N–H and O–H groups in total. The van der Waals surface area contributed by atoms with Crippen LogP contribution in [0.1, 0.15) is 32.3 Å². The standard InChI is InChI=1S/C34H45BrN9OP/c1-7-42(8-2)24-20-44(21-24)23-11-15-43(16-12-23)29-18-30(45-4)28(17-22(29)3)40-34-38-19-25(35)33(41-34)39-27-10-9-26-31(32(27)46(5)6)37-14-13-36-26/h9-10,13-14,17-19,23-24H,7-8,11-12,15-16,20-21H2,1-6H3,(H2,38,39,40,41). The van der Waals surface area contributed by atoms with Crippen molar-refractivity contribution in [1.29, 1.82) is 0 Å². The van der Waals surface area contributed by atoms with Crippen molar-refractivity contribution < 1.29 is 4.74 Å². The van der Waals surface area contributed by atoms with Crippen molar-refractivity contribution in [3.63, 3.8) is 0 Å². The molecule has 46 heavy (non-hydrogen) atoms. The zero-order chi connectivity index (χ0) is 32.4. The molecular weight excluding hydrogens is 661 g/mol. The van der Waals surface area contributed by atoms with E-state index in [1.807, 2.05) is 6.07 Å². The number of halogens is 1. The summed E-state index contributed by atoms with van der Waals surface area (Å²) in [4.78, 5) is 26.3. The molecule has 2 saturated heterocycles. The van der Waals surface area contributed by atoms with Crippen molar-refractivity contribution in [2.75, 3.05) is 75.2 Å². The minimum atomic E-state index is -0.463. The van der Waals surface area contributed by atoms with Gasteiger partial charge in [-0.25, -0.2) is 4.98 Å². The lowest BCUT2D eigenvalue weighted by Crippen LogP contribution is -2.63. The van der Waals surface area contributed by atoms with Gasteiger partial charge in [0, 0.05) is 79.6 Å². The zero-order valence-corrected chi connectivity index (χ0v) is 30.2. The van der Waals surface area contributed by atoms with Gasteiger partial charge >= 0.3 is 0 Å². The van der Waals surface area contributed by atoms with Crippen LogP contribution >= 0.6 is 23.9 Å². The maximum Gasteiger partial charge on any atom is 0.229 e. The van der Waals surface area contributed by atoms with E-state index in [1.165, 1.54) is 37.2 Å². The maximum absolute atomic E-state index is 5.88. The summed E-state index contributed by atoms with van der Waals surface area (Å²) in [6.45, 7) is 18.0. The summed E-state index contributed by atoms with van der Waals surface area (Å²) in [5, 5.41) is 8.11. The summed E-state index contributed by atoms with van der Waals surface area (Å²) in [6, 6.07) is 9.76. The summed E-state index contributed by atoms with van der Waals surface area (Å²) in [5.74, 6) is 1.91. The highest BCUT2D eigenvalue weighted by atomic mass is 79.9. The van der Waals surface area contributed by atoms with Gasteiger partial charge in [-0.15, -0.1) is 0 Å². The van der Waals surface area contributed by atoms with Gasteiger partial charge in [0.2, 0.25) is 5.95 Å². The van der Waals surface area contributed by atoms with Crippen LogP contribution in [0.25, 0.3) is 11.0 Å². The van der Waals surface area contributed by atoms with Crippen LogP contribution in [0.4, 0.5) is 28.8 Å². The highest BCUT2D eigenvalue weighted by Crippen LogP contribution is 2.38. The monoisotopic (exact) mass is 705 g/mol. The van der Waals surface area contributed by atoms with Gasteiger partial charge in [-0.1, -0.05) is 21.8 Å². The Kier molecular flexibility index (Phi) is 10.2. The predicted octanol–water partition coefficient (Wildman–Crippen LogP) is 6.35. The number of aromatic nitrogens is 4. The summed E-state index contributed by atoms with van der Waals surface area (Å²) in [6.07, 6.45) is 7.62. The van der Waals surface area contributed by atoms with E-state index in [2.05, 4.69) is 109 Å². The van der Waals surface area contributed by atoms with E-state index in [0.29, 0.717) is 17.8 Å². The van der Waals surface area contributed by atoms with E-state index in [-0.39, 0.29) is 0 Å². The smallest absolute Gasteiger partial charge is 0.229 e. The van der Waals surface area contributed by atoms with Gasteiger partial charge in [-0.05, 0) is 85.9 Å². The Labute approximate surface area is 282 Å². The number of rotatable bonds is 11. The fourth-order valence-corrected chi connectivity index (χ4v) is 8.35. The SMILES string of the molecule is CCN(CC)C1CN(C2CCN(c3cc(OC)c(Nc4ncc(Br)c(Nc5ccc6nccnc6c5P(C)C)n4)cc3C)CC2)C1. The van der Waals surface area contributed by atoms with Crippen molar-refractivity contribution in [1.82, 2.24) is 29.7 Å². The number of fused-ring (bicyclic) bond motifs is 1. The van der Waals surface area contributed by atoms with Gasteiger partial charge in [0.25, 0.3) is 0 Å². The Morgan fingerprint density at radius 2 is 1.74 bits per heavy atom. The van der Waals surface area contributed by atoms with E-state index < -0.39 is 7.92 Å². The molecule has 2 aromatic heterocycles. The number of likely N-dealkylation sites (tertiary alicyclic amines) is 1. The fourth-order valence-electron chi connectivity index (χ4n) is 6.85. The highest BCUT2D eigenvalue weighted by Gasteiger charge is 2.36. The van der Waals surface area contributed by atoms with E-state index in [4.69, 9.17) is 9.72 Å². The Morgan fingerprint density at radius 3 is 2.43 bits per heavy atom. The van der Waals surface area contributed by atoms with E-state index >= 15 is 0 Å². The number of benzene rings is 2. The minimum absolute atomic E-state index is 0.463. The first-order valence-corrected chi connectivity index (χ1v) is 19.2. The molecule has 12 heteroatoms. The van der Waals surface area contributed by atoms with Gasteiger partial charge in [-0.2, -0.15) is 4.98 Å². The largest absolute Gasteiger partial charge is 0.494 e. The van der Waals surface area contributed by atoms with Gasteiger partial charge in [-0.3, -0.25) is 19.8 Å². The van der Waals surface area contributed by atoms with Crippen molar-refractivity contribution in [3.8, 4) is 5.75 Å². The topological polar surface area (TPSA) is 94.6 Å². The van der Waals surface area contributed by atoms with Crippen molar-refractivity contribution >= 4 is 69.0 Å². The van der Waals surface area contributed by atoms with Crippen LogP contribution < -0.4 is 25.6 Å². The molecule has 0 unspecified atom stereocenters. The van der Waals surface area contributed by atoms with Gasteiger partial charge in [0.05, 0.1) is 28.3 Å². The quantitative estimate of drug-likeness (QED) is 0.172. The van der Waals surface area contributed by atoms with Crippen molar-refractivity contribution in [2.45, 2.75) is 45.7 Å². The van der Waals surface area contributed by atoms with Crippen LogP contribution in [0.15, 0.2) is 47.3 Å². The molecule has 0 atom stereocenters. The molecule has 6 rings (SSSR count). The van der Waals surface area contributed by atoms with Crippen molar-refractivity contribution in [3.05, 3.63) is 52.9 Å². The molecule has 0 saturated carbocycles. The number of hydrogen-bond donors (Lipinski definition) is 2. The summed E-state index contributed by atoms with van der Waals surface area (Å²) >= 11 is 3.64. The number of ether oxygens (including phenoxy) is 1. The molecule has 2 aliphatic heterocycles. The minimum Gasteiger partial charge on any atom is -0.494 e. The van der Waals surface area contributed by atoms with Crippen LogP contribution in [0.5, 0.6) is 5.75 Å². The number of aryl methyl sites for hydroxylation is 1. The van der Waals surface area contributed by atoms with Crippen LogP contribution in [0, 0.1) is 6.92 Å². The lowest BCUT2D eigenvalue weighted by Gasteiger charge is -2.50. The number of likely N-dealkylation sites (N-methyl/N-ethyl adjacent to an activating group) is 1. The molecule has 4 aromatic rings. The zero-order valence-electron chi connectivity index (χ0n) is 27.7. The molecule has 10 nitrogen and oxygen atoms in total. The predicted molar refractivity (Wildman–Crippen MR) is 195 cm³/mol. The van der Waals surface area contributed by atoms with E-state index in [1.54, 1.807) is 25.7 Å². The number of nitrogens with one attached hydrogen (secondary N) is 2. The van der Waals surface area contributed by atoms with Crippen molar-refractivity contribution in [2.24, 2.45) is 0 Å². The first-order chi connectivity index (χ1) is 22.3. The van der Waals surface area contributed by atoms with Crippen LogP contribution in [0.2, 0.25) is 0 Å². The molecule has 0 spiro atoms. The second-order valence-electron chi connectivity index (χ2n) is 12.3. The molecule has 0 amide bonds. The average molecular weight is 707 g/mol. The molecule has 244 valence electrons. The number of piperidine rings is 1. The van der Waals surface area contributed by atoms with E-state index in [9.17, 15) is 0 Å². The third-order valence-electron chi connectivity index (χ3n) is 9.36. The maximum atomic E-state index is 5.88. The second kappa shape index (κ2) is 14.3. The van der Waals surface area contributed by atoms with Crippen LogP contribution in [-0.2, 0) is 0 Å². The molecule has 2 aliphatic rings. The Bertz CT molecular complexity index is 1670. The Morgan fingerprint density at radius 1 is 1.00 bits per heavy atom. The number of nitrogens with zero attached hydrogens (tertiary/aromatic N) is 7. The third-order valence-corrected chi connectivity index (χ3v) is 11.3. The molecule has 2 aromatic carbocycles. The van der Waals surface area contributed by atoms with Crippen LogP contribution in [-0.4, -0.2) is 102 Å². The third kappa shape index (κ3) is 6.79. The molecule has 0 bridgehead atoms. The lowest BCUT2D eigenvalue weighted by atomic mass is 9.96. The number of hydrogen-bond acceptors (Lipinski definition) is 10. The Hall–Kier alpha value is -3.11. The number of anilines is 5. The molecule has 0 radical (unpaired) electrons. The van der Waals surface area contributed by atoms with Gasteiger partial charge in [0.15, 0.2) is 0 Å². The van der Waals surface area contributed by atoms with Crippen LogP contribution in [0.3, 0.4) is 0 Å². The lowest BCUT2D eigenvalue weighted by molar-refractivity contribution is 0.00209.